The van der Waals surface area contributed by atoms with Crippen LogP contribution in [0.1, 0.15) is 20.3 Å². The van der Waals surface area contributed by atoms with E-state index in [2.05, 4.69) is 10.6 Å². The Morgan fingerprint density at radius 1 is 1.26 bits per heavy atom. The molecule has 1 aliphatic rings. The van der Waals surface area contributed by atoms with Crippen molar-refractivity contribution in [3.63, 3.8) is 0 Å². The molecule has 2 N–H and O–H groups in total. The van der Waals surface area contributed by atoms with Crippen LogP contribution in [0.2, 0.25) is 10.0 Å². The fraction of sp³-hybridized carbons (Fsp3) is 0.400. The van der Waals surface area contributed by atoms with Crippen molar-refractivity contribution < 1.29 is 14.4 Å². The van der Waals surface area contributed by atoms with Crippen LogP contribution in [0.5, 0.6) is 0 Å². The van der Waals surface area contributed by atoms with E-state index < -0.39 is 18.0 Å². The summed E-state index contributed by atoms with van der Waals surface area (Å²) in [5.41, 5.74) is 0.401. The van der Waals surface area contributed by atoms with Gasteiger partial charge in [-0.15, -0.1) is 0 Å². The van der Waals surface area contributed by atoms with Gasteiger partial charge in [0.05, 0.1) is 0 Å². The van der Waals surface area contributed by atoms with Crippen LogP contribution in [0.4, 0.5) is 10.5 Å². The molecule has 1 aliphatic heterocycles. The maximum Gasteiger partial charge on any atom is 0.325 e. The zero-order valence-electron chi connectivity index (χ0n) is 12.7. The second kappa shape index (κ2) is 7.19. The van der Waals surface area contributed by atoms with Gasteiger partial charge < -0.3 is 10.6 Å². The summed E-state index contributed by atoms with van der Waals surface area (Å²) in [4.78, 5) is 37.0. The predicted octanol–water partition coefficient (Wildman–Crippen LogP) is 2.90. The van der Waals surface area contributed by atoms with E-state index in [-0.39, 0.29) is 18.4 Å². The van der Waals surface area contributed by atoms with Gasteiger partial charge in [0, 0.05) is 15.7 Å². The van der Waals surface area contributed by atoms with Gasteiger partial charge in [0.1, 0.15) is 12.6 Å². The number of halogens is 2. The van der Waals surface area contributed by atoms with Crippen molar-refractivity contribution in [2.24, 2.45) is 5.92 Å². The van der Waals surface area contributed by atoms with E-state index in [0.717, 1.165) is 4.90 Å². The lowest BCUT2D eigenvalue weighted by Crippen LogP contribution is -2.38. The maximum atomic E-state index is 12.2. The first-order valence-electron chi connectivity index (χ1n) is 7.14. The molecule has 1 aromatic rings. The van der Waals surface area contributed by atoms with Gasteiger partial charge in [-0.05, 0) is 30.5 Å². The number of hydrogen-bond acceptors (Lipinski definition) is 3. The largest absolute Gasteiger partial charge is 0.326 e. The third-order valence-corrected chi connectivity index (χ3v) is 3.70. The Bertz CT molecular complexity index is 629. The third kappa shape index (κ3) is 4.59. The van der Waals surface area contributed by atoms with Crippen LogP contribution in [0, 0.1) is 5.92 Å². The monoisotopic (exact) mass is 357 g/mol. The molecule has 1 heterocycles. The molecule has 0 saturated carbocycles. The summed E-state index contributed by atoms with van der Waals surface area (Å²) in [7, 11) is 0. The summed E-state index contributed by atoms with van der Waals surface area (Å²) < 4.78 is 0. The summed E-state index contributed by atoms with van der Waals surface area (Å²) in [5.74, 6) is -0.633. The Morgan fingerprint density at radius 3 is 2.43 bits per heavy atom. The second-order valence-corrected chi connectivity index (χ2v) is 6.64. The van der Waals surface area contributed by atoms with Crippen molar-refractivity contribution in [3.05, 3.63) is 28.2 Å². The minimum absolute atomic E-state index is 0.256. The fourth-order valence-electron chi connectivity index (χ4n) is 2.33. The van der Waals surface area contributed by atoms with Crippen LogP contribution in [0.25, 0.3) is 0 Å². The molecule has 6 nitrogen and oxygen atoms in total. The number of benzene rings is 1. The number of nitrogens with one attached hydrogen (secondary N) is 2. The van der Waals surface area contributed by atoms with Crippen molar-refractivity contribution >= 4 is 46.7 Å². The van der Waals surface area contributed by atoms with Gasteiger partial charge in [0.15, 0.2) is 0 Å². The number of urea groups is 1. The first kappa shape index (κ1) is 17.6. The number of hydrogen-bond donors (Lipinski definition) is 2. The molecule has 1 saturated heterocycles. The van der Waals surface area contributed by atoms with Gasteiger partial charge in [-0.3, -0.25) is 14.5 Å². The number of rotatable bonds is 5. The molecular weight excluding hydrogens is 341 g/mol. The Hall–Kier alpha value is -1.79. The van der Waals surface area contributed by atoms with Gasteiger partial charge in [-0.25, -0.2) is 4.79 Å². The Morgan fingerprint density at radius 2 is 1.87 bits per heavy atom. The van der Waals surface area contributed by atoms with Crippen LogP contribution in [0.15, 0.2) is 18.2 Å². The second-order valence-electron chi connectivity index (χ2n) is 5.76. The maximum absolute atomic E-state index is 12.2. The van der Waals surface area contributed by atoms with Crippen molar-refractivity contribution in [2.75, 3.05) is 11.9 Å². The molecule has 1 fully saturated rings. The quantitative estimate of drug-likeness (QED) is 0.795. The van der Waals surface area contributed by atoms with Gasteiger partial charge in [-0.2, -0.15) is 0 Å². The number of carbonyl (C=O) groups excluding carboxylic acids is 3. The number of carbonyl (C=O) groups is 3. The standard InChI is InChI=1S/C15H17Cl2N3O3/c1-8(2)3-12-14(22)20(15(23)19-12)7-13(21)18-11-5-9(16)4-10(17)6-11/h4-6,8,12H,3,7H2,1-2H3,(H,18,21)(H,19,23)/t12-/m0/s1. The Labute approximate surface area is 144 Å². The van der Waals surface area contributed by atoms with Crippen LogP contribution < -0.4 is 10.6 Å². The van der Waals surface area contributed by atoms with Gasteiger partial charge in [0.25, 0.3) is 5.91 Å². The molecule has 0 aromatic heterocycles. The highest BCUT2D eigenvalue weighted by Crippen LogP contribution is 2.22. The zero-order valence-corrected chi connectivity index (χ0v) is 14.2. The normalized spacial score (nSPS) is 17.6. The molecule has 1 aromatic carbocycles. The highest BCUT2D eigenvalue weighted by molar-refractivity contribution is 6.35. The van der Waals surface area contributed by atoms with Crippen molar-refractivity contribution in [2.45, 2.75) is 26.3 Å². The zero-order chi connectivity index (χ0) is 17.1. The molecule has 8 heteroatoms. The fourth-order valence-corrected chi connectivity index (χ4v) is 2.85. The molecule has 0 bridgehead atoms. The summed E-state index contributed by atoms with van der Waals surface area (Å²) >= 11 is 11.7. The molecule has 0 radical (unpaired) electrons. The number of nitrogens with zero attached hydrogens (tertiary/aromatic N) is 1. The van der Waals surface area contributed by atoms with Crippen molar-refractivity contribution in [1.82, 2.24) is 10.2 Å². The van der Waals surface area contributed by atoms with Crippen LogP contribution in [-0.4, -0.2) is 35.3 Å². The third-order valence-electron chi connectivity index (χ3n) is 3.26. The average molecular weight is 358 g/mol. The van der Waals surface area contributed by atoms with Crippen molar-refractivity contribution in [3.8, 4) is 0 Å². The highest BCUT2D eigenvalue weighted by atomic mass is 35.5. The summed E-state index contributed by atoms with van der Waals surface area (Å²) in [5, 5.41) is 5.90. The average Bonchev–Trinajstić information content (AvgIpc) is 2.64. The summed E-state index contributed by atoms with van der Waals surface area (Å²) in [6.45, 7) is 3.55. The van der Waals surface area contributed by atoms with E-state index in [9.17, 15) is 14.4 Å². The summed E-state index contributed by atoms with van der Waals surface area (Å²) in [6, 6.07) is 3.46. The lowest BCUT2D eigenvalue weighted by atomic mass is 10.0. The van der Waals surface area contributed by atoms with E-state index in [1.54, 1.807) is 0 Å². The number of amides is 4. The van der Waals surface area contributed by atoms with Crippen LogP contribution >= 0.6 is 23.2 Å². The van der Waals surface area contributed by atoms with Crippen LogP contribution in [-0.2, 0) is 9.59 Å². The molecule has 0 aliphatic carbocycles. The molecule has 124 valence electrons. The van der Waals surface area contributed by atoms with E-state index in [0.29, 0.717) is 22.2 Å². The van der Waals surface area contributed by atoms with Gasteiger partial charge in [0.2, 0.25) is 5.91 Å². The smallest absolute Gasteiger partial charge is 0.325 e. The van der Waals surface area contributed by atoms with E-state index in [1.165, 1.54) is 18.2 Å². The minimum Gasteiger partial charge on any atom is -0.326 e. The van der Waals surface area contributed by atoms with E-state index in [4.69, 9.17) is 23.2 Å². The molecule has 1 atom stereocenters. The minimum atomic E-state index is -0.573. The highest BCUT2D eigenvalue weighted by Gasteiger charge is 2.38. The number of anilines is 1. The first-order valence-corrected chi connectivity index (χ1v) is 7.89. The Balaban J connectivity index is 1.99. The Kier molecular flexibility index (Phi) is 5.49. The molecule has 0 spiro atoms. The predicted molar refractivity (Wildman–Crippen MR) is 88.6 cm³/mol. The molecule has 0 unspecified atom stereocenters. The van der Waals surface area contributed by atoms with E-state index >= 15 is 0 Å². The van der Waals surface area contributed by atoms with Crippen LogP contribution in [0.3, 0.4) is 0 Å². The van der Waals surface area contributed by atoms with Crippen molar-refractivity contribution in [1.29, 1.82) is 0 Å². The molecule has 2 rings (SSSR count). The lowest BCUT2D eigenvalue weighted by molar-refractivity contribution is -0.131. The van der Waals surface area contributed by atoms with E-state index in [1.807, 2.05) is 13.8 Å². The molecule has 23 heavy (non-hydrogen) atoms. The summed E-state index contributed by atoms with van der Waals surface area (Å²) in [6.07, 6.45) is 0.534. The van der Waals surface area contributed by atoms with Gasteiger partial charge in [-0.1, -0.05) is 37.0 Å². The van der Waals surface area contributed by atoms with Gasteiger partial charge >= 0.3 is 6.03 Å². The lowest BCUT2D eigenvalue weighted by Gasteiger charge is -2.14. The first-order chi connectivity index (χ1) is 10.8. The molecule has 4 amide bonds. The SMILES string of the molecule is CC(C)C[C@@H]1NC(=O)N(CC(=O)Nc2cc(Cl)cc(Cl)c2)C1=O. The molecular formula is C15H17Cl2N3O3. The number of imide groups is 1. The topological polar surface area (TPSA) is 78.5 Å².